The summed E-state index contributed by atoms with van der Waals surface area (Å²) in [6.45, 7) is 4.96. The van der Waals surface area contributed by atoms with Gasteiger partial charge in [-0.15, -0.1) is 0 Å². The fourth-order valence-electron chi connectivity index (χ4n) is 2.60. The molecule has 0 saturated carbocycles. The van der Waals surface area contributed by atoms with Crippen LogP contribution in [0, 0.1) is 5.92 Å². The smallest absolute Gasteiger partial charge is 0.268 e. The number of aromatic nitrogens is 3. The van der Waals surface area contributed by atoms with Crippen LogP contribution >= 0.6 is 11.6 Å². The lowest BCUT2D eigenvalue weighted by atomic mass is 9.97. The number of carbonyl (C=O) groups excluding carboxylic acids is 1. The van der Waals surface area contributed by atoms with Crippen molar-refractivity contribution in [3.05, 3.63) is 23.2 Å². The van der Waals surface area contributed by atoms with E-state index < -0.39 is 0 Å². The Morgan fingerprint density at radius 1 is 1.63 bits per heavy atom. The number of amides is 1. The maximum atomic E-state index is 12.0. The lowest BCUT2D eigenvalue weighted by Gasteiger charge is -2.31. The molecule has 0 bridgehead atoms. The van der Waals surface area contributed by atoms with Gasteiger partial charge >= 0.3 is 0 Å². The second kappa shape index (κ2) is 4.49. The average molecular weight is 279 g/mol. The van der Waals surface area contributed by atoms with Gasteiger partial charge in [-0.2, -0.15) is 4.98 Å². The fourth-order valence-corrected chi connectivity index (χ4v) is 2.73. The van der Waals surface area contributed by atoms with Crippen LogP contribution in [0.4, 0.5) is 0 Å². The Labute approximate surface area is 116 Å². The second-order valence-corrected chi connectivity index (χ2v) is 5.32. The quantitative estimate of drug-likeness (QED) is 0.858. The highest BCUT2D eigenvalue weighted by Crippen LogP contribution is 2.31. The van der Waals surface area contributed by atoms with E-state index in [-0.39, 0.29) is 17.2 Å². The SMILES string of the molecule is CCC(C)C1CNC(=O)c2cc3cnc(Cl)nc3n21. The number of rotatable bonds is 2. The standard InChI is InChI=1S/C13H15ClN4O/c1-3-7(2)10-6-15-12(19)9-4-8-5-16-13(14)17-11(8)18(9)10/h4-5,7,10H,3,6H2,1-2H3,(H,15,19). The average Bonchev–Trinajstić information content (AvgIpc) is 2.78. The number of carbonyl (C=O) groups is 1. The van der Waals surface area contributed by atoms with Gasteiger partial charge in [0.05, 0.1) is 6.04 Å². The van der Waals surface area contributed by atoms with Crippen LogP contribution in [0.1, 0.15) is 36.8 Å². The highest BCUT2D eigenvalue weighted by molar-refractivity contribution is 6.28. The Kier molecular flexibility index (Phi) is 2.93. The zero-order valence-electron chi connectivity index (χ0n) is 10.9. The van der Waals surface area contributed by atoms with Gasteiger partial charge in [0.25, 0.3) is 5.91 Å². The number of hydrogen-bond acceptors (Lipinski definition) is 3. The minimum atomic E-state index is -0.0614. The van der Waals surface area contributed by atoms with Crippen LogP contribution < -0.4 is 5.32 Å². The summed E-state index contributed by atoms with van der Waals surface area (Å²) in [6.07, 6.45) is 2.70. The topological polar surface area (TPSA) is 59.8 Å². The van der Waals surface area contributed by atoms with Crippen molar-refractivity contribution in [2.45, 2.75) is 26.3 Å². The molecule has 3 heterocycles. The van der Waals surface area contributed by atoms with E-state index in [0.717, 1.165) is 17.5 Å². The van der Waals surface area contributed by atoms with Crippen molar-refractivity contribution >= 4 is 28.5 Å². The lowest BCUT2D eigenvalue weighted by Crippen LogP contribution is -2.41. The summed E-state index contributed by atoms with van der Waals surface area (Å²) in [7, 11) is 0. The fraction of sp³-hybridized carbons (Fsp3) is 0.462. The molecule has 19 heavy (non-hydrogen) atoms. The van der Waals surface area contributed by atoms with Gasteiger partial charge in [0, 0.05) is 18.1 Å². The third kappa shape index (κ3) is 1.89. The molecule has 1 amide bonds. The van der Waals surface area contributed by atoms with Gasteiger partial charge in [-0.3, -0.25) is 4.79 Å². The van der Waals surface area contributed by atoms with E-state index in [2.05, 4.69) is 29.1 Å². The normalized spacial score (nSPS) is 20.2. The molecule has 1 aliphatic heterocycles. The molecule has 1 aliphatic rings. The molecule has 6 heteroatoms. The molecule has 3 rings (SSSR count). The minimum Gasteiger partial charge on any atom is -0.349 e. The van der Waals surface area contributed by atoms with E-state index >= 15 is 0 Å². The number of hydrogen-bond donors (Lipinski definition) is 1. The largest absolute Gasteiger partial charge is 0.349 e. The van der Waals surface area contributed by atoms with Crippen molar-refractivity contribution in [2.75, 3.05) is 6.54 Å². The summed E-state index contributed by atoms with van der Waals surface area (Å²) in [5.74, 6) is 0.386. The summed E-state index contributed by atoms with van der Waals surface area (Å²) >= 11 is 5.88. The maximum Gasteiger partial charge on any atom is 0.268 e. The monoisotopic (exact) mass is 278 g/mol. The van der Waals surface area contributed by atoms with Crippen LogP contribution in [-0.4, -0.2) is 27.0 Å². The Morgan fingerprint density at radius 3 is 3.16 bits per heavy atom. The van der Waals surface area contributed by atoms with Crippen LogP contribution in [0.3, 0.4) is 0 Å². The number of nitrogens with one attached hydrogen (secondary N) is 1. The number of fused-ring (bicyclic) bond motifs is 3. The van der Waals surface area contributed by atoms with Crippen LogP contribution in [0.5, 0.6) is 0 Å². The van der Waals surface area contributed by atoms with Crippen molar-refractivity contribution in [2.24, 2.45) is 5.92 Å². The predicted molar refractivity (Wildman–Crippen MR) is 73.4 cm³/mol. The predicted octanol–water partition coefficient (Wildman–Crippen LogP) is 2.42. The van der Waals surface area contributed by atoms with Gasteiger partial charge in [-0.25, -0.2) is 4.98 Å². The van der Waals surface area contributed by atoms with Crippen molar-refractivity contribution < 1.29 is 4.79 Å². The lowest BCUT2D eigenvalue weighted by molar-refractivity contribution is 0.0904. The van der Waals surface area contributed by atoms with Gasteiger partial charge in [-0.1, -0.05) is 20.3 Å². The van der Waals surface area contributed by atoms with Gasteiger partial charge in [0.2, 0.25) is 5.28 Å². The summed E-state index contributed by atoms with van der Waals surface area (Å²) in [5, 5.41) is 4.00. The van der Waals surface area contributed by atoms with Gasteiger partial charge < -0.3 is 9.88 Å². The van der Waals surface area contributed by atoms with E-state index in [1.54, 1.807) is 6.20 Å². The summed E-state index contributed by atoms with van der Waals surface area (Å²) in [5.41, 5.74) is 1.39. The molecule has 0 aliphatic carbocycles. The van der Waals surface area contributed by atoms with E-state index in [1.165, 1.54) is 0 Å². The summed E-state index contributed by atoms with van der Waals surface area (Å²) in [6, 6.07) is 2.04. The molecule has 0 aromatic carbocycles. The van der Waals surface area contributed by atoms with Crippen LogP contribution in [-0.2, 0) is 0 Å². The molecule has 1 N–H and O–H groups in total. The molecule has 0 saturated heterocycles. The van der Waals surface area contributed by atoms with Crippen LogP contribution in [0.15, 0.2) is 12.3 Å². The Bertz CT molecular complexity index is 651. The summed E-state index contributed by atoms with van der Waals surface area (Å²) < 4.78 is 2.01. The second-order valence-electron chi connectivity index (χ2n) is 4.98. The third-order valence-electron chi connectivity index (χ3n) is 3.88. The molecule has 0 spiro atoms. The zero-order chi connectivity index (χ0) is 13.6. The highest BCUT2D eigenvalue weighted by Gasteiger charge is 2.30. The van der Waals surface area contributed by atoms with Crippen LogP contribution in [0.2, 0.25) is 5.28 Å². The number of halogens is 1. The Hall–Kier alpha value is -1.62. The van der Waals surface area contributed by atoms with E-state index in [0.29, 0.717) is 18.2 Å². The summed E-state index contributed by atoms with van der Waals surface area (Å²) in [4.78, 5) is 20.2. The molecule has 2 unspecified atom stereocenters. The van der Waals surface area contributed by atoms with Gasteiger partial charge in [0.1, 0.15) is 11.3 Å². The molecule has 2 aromatic rings. The molecule has 2 aromatic heterocycles. The van der Waals surface area contributed by atoms with Crippen molar-refractivity contribution in [3.63, 3.8) is 0 Å². The van der Waals surface area contributed by atoms with E-state index in [1.807, 2.05) is 10.6 Å². The first kappa shape index (κ1) is 12.4. The third-order valence-corrected chi connectivity index (χ3v) is 4.07. The molecule has 100 valence electrons. The first-order valence-corrected chi connectivity index (χ1v) is 6.81. The molecule has 0 fully saturated rings. The highest BCUT2D eigenvalue weighted by atomic mass is 35.5. The maximum absolute atomic E-state index is 12.0. The molecule has 0 radical (unpaired) electrons. The van der Waals surface area contributed by atoms with Gasteiger partial charge in [0.15, 0.2) is 0 Å². The molecule has 5 nitrogen and oxygen atoms in total. The van der Waals surface area contributed by atoms with Crippen molar-refractivity contribution in [1.29, 1.82) is 0 Å². The molecule has 2 atom stereocenters. The number of nitrogens with zero attached hydrogens (tertiary/aromatic N) is 3. The van der Waals surface area contributed by atoms with Crippen molar-refractivity contribution in [1.82, 2.24) is 19.9 Å². The molecular formula is C13H15ClN4O. The first-order valence-electron chi connectivity index (χ1n) is 6.43. The van der Waals surface area contributed by atoms with Crippen molar-refractivity contribution in [3.8, 4) is 0 Å². The minimum absolute atomic E-state index is 0.0614. The van der Waals surface area contributed by atoms with Gasteiger partial charge in [-0.05, 0) is 23.6 Å². The Balaban J connectivity index is 2.25. The van der Waals surface area contributed by atoms with E-state index in [4.69, 9.17) is 11.6 Å². The van der Waals surface area contributed by atoms with Crippen LogP contribution in [0.25, 0.3) is 11.0 Å². The van der Waals surface area contributed by atoms with E-state index in [9.17, 15) is 4.79 Å². The zero-order valence-corrected chi connectivity index (χ0v) is 11.6. The Morgan fingerprint density at radius 2 is 2.42 bits per heavy atom. The molecular weight excluding hydrogens is 264 g/mol. The first-order chi connectivity index (χ1) is 9.11.